The third-order valence-corrected chi connectivity index (χ3v) is 4.49. The minimum absolute atomic E-state index is 0.224. The van der Waals surface area contributed by atoms with Gasteiger partial charge in [-0.2, -0.15) is 0 Å². The zero-order valence-electron chi connectivity index (χ0n) is 11.2. The van der Waals surface area contributed by atoms with Crippen molar-refractivity contribution >= 4 is 29.3 Å². The highest BCUT2D eigenvalue weighted by Gasteiger charge is 2.45. The average Bonchev–Trinajstić information content (AvgIpc) is 2.40. The van der Waals surface area contributed by atoms with Crippen LogP contribution in [0.1, 0.15) is 26.7 Å². The monoisotopic (exact) mass is 278 g/mol. The van der Waals surface area contributed by atoms with E-state index in [-0.39, 0.29) is 11.8 Å². The molecule has 1 aromatic carbocycles. The molecule has 1 aliphatic rings. The van der Waals surface area contributed by atoms with Gasteiger partial charge in [-0.05, 0) is 25.5 Å². The number of hydrogen-bond acceptors (Lipinski definition) is 3. The Morgan fingerprint density at radius 3 is 2.89 bits per heavy atom. The van der Waals surface area contributed by atoms with E-state index >= 15 is 0 Å². The molecule has 2 rings (SSSR count). The second-order valence-corrected chi connectivity index (χ2v) is 6.16. The first kappa shape index (κ1) is 13.9. The molecule has 2 amide bonds. The van der Waals surface area contributed by atoms with Gasteiger partial charge in [-0.15, -0.1) is 0 Å². The van der Waals surface area contributed by atoms with E-state index < -0.39 is 4.75 Å². The third kappa shape index (κ3) is 2.76. The summed E-state index contributed by atoms with van der Waals surface area (Å²) in [5.41, 5.74) is 0.774. The van der Waals surface area contributed by atoms with Crippen LogP contribution in [0.5, 0.6) is 0 Å². The number of unbranched alkanes of at least 4 members (excludes halogenated alkanes) is 1. The Morgan fingerprint density at radius 2 is 2.16 bits per heavy atom. The van der Waals surface area contributed by atoms with Crippen LogP contribution in [0.4, 0.5) is 5.69 Å². The highest BCUT2D eigenvalue weighted by Crippen LogP contribution is 2.42. The minimum atomic E-state index is -1.10. The van der Waals surface area contributed by atoms with Crippen LogP contribution in [0.3, 0.4) is 0 Å². The lowest BCUT2D eigenvalue weighted by Gasteiger charge is -2.31. The number of fused-ring (bicyclic) bond motifs is 1. The number of hydrogen-bond donors (Lipinski definition) is 2. The lowest BCUT2D eigenvalue weighted by atomic mass is 10.1. The Kier molecular flexibility index (Phi) is 4.14. The van der Waals surface area contributed by atoms with Crippen LogP contribution >= 0.6 is 11.8 Å². The number of carbonyl (C=O) groups is 2. The number of para-hydroxylation sites is 1. The predicted molar refractivity (Wildman–Crippen MR) is 77.3 cm³/mol. The van der Waals surface area contributed by atoms with E-state index in [1.807, 2.05) is 24.3 Å². The van der Waals surface area contributed by atoms with Crippen molar-refractivity contribution in [1.29, 1.82) is 0 Å². The molecule has 1 atom stereocenters. The maximum Gasteiger partial charge on any atom is 0.250 e. The van der Waals surface area contributed by atoms with Gasteiger partial charge in [-0.1, -0.05) is 37.2 Å². The Morgan fingerprint density at radius 1 is 1.42 bits per heavy atom. The number of benzene rings is 1. The van der Waals surface area contributed by atoms with E-state index in [4.69, 9.17) is 0 Å². The van der Waals surface area contributed by atoms with Gasteiger partial charge in [0, 0.05) is 11.4 Å². The Balaban J connectivity index is 2.15. The van der Waals surface area contributed by atoms with Crippen LogP contribution < -0.4 is 10.6 Å². The molecule has 0 bridgehead atoms. The quantitative estimate of drug-likeness (QED) is 0.657. The number of carbonyl (C=O) groups excluding carboxylic acids is 2. The summed E-state index contributed by atoms with van der Waals surface area (Å²) in [4.78, 5) is 25.3. The molecule has 19 heavy (non-hydrogen) atoms. The fourth-order valence-electron chi connectivity index (χ4n) is 1.86. The lowest BCUT2D eigenvalue weighted by Crippen LogP contribution is -2.52. The van der Waals surface area contributed by atoms with E-state index in [0.717, 1.165) is 23.4 Å². The molecule has 0 aliphatic carbocycles. The molecule has 1 heterocycles. The largest absolute Gasteiger partial charge is 0.354 e. The van der Waals surface area contributed by atoms with Gasteiger partial charge in [-0.3, -0.25) is 9.59 Å². The summed E-state index contributed by atoms with van der Waals surface area (Å²) < 4.78 is -1.10. The second kappa shape index (κ2) is 5.65. The number of amides is 2. The molecule has 1 unspecified atom stereocenters. The first-order chi connectivity index (χ1) is 9.08. The molecule has 4 nitrogen and oxygen atoms in total. The fraction of sp³-hybridized carbons (Fsp3) is 0.429. The Labute approximate surface area is 117 Å². The van der Waals surface area contributed by atoms with Crippen molar-refractivity contribution in [2.45, 2.75) is 36.3 Å². The average molecular weight is 278 g/mol. The molecule has 0 saturated heterocycles. The fourth-order valence-corrected chi connectivity index (χ4v) is 2.99. The minimum Gasteiger partial charge on any atom is -0.354 e. The van der Waals surface area contributed by atoms with E-state index in [1.54, 1.807) is 6.92 Å². The number of anilines is 1. The van der Waals surface area contributed by atoms with E-state index in [1.165, 1.54) is 11.8 Å². The summed E-state index contributed by atoms with van der Waals surface area (Å²) in [5.74, 6) is -0.483. The maximum absolute atomic E-state index is 12.2. The molecule has 0 aromatic heterocycles. The van der Waals surface area contributed by atoms with Gasteiger partial charge in [0.25, 0.3) is 0 Å². The van der Waals surface area contributed by atoms with Crippen molar-refractivity contribution in [2.75, 3.05) is 11.9 Å². The van der Waals surface area contributed by atoms with E-state index in [2.05, 4.69) is 17.6 Å². The van der Waals surface area contributed by atoms with Crippen molar-refractivity contribution in [3.63, 3.8) is 0 Å². The van der Waals surface area contributed by atoms with Crippen LogP contribution in [0.25, 0.3) is 0 Å². The summed E-state index contributed by atoms with van der Waals surface area (Å²) >= 11 is 1.31. The summed E-state index contributed by atoms with van der Waals surface area (Å²) in [6, 6.07) is 7.52. The SMILES string of the molecule is CCCCNC(=O)C1(C)Sc2ccccc2NC1=O. The Bertz CT molecular complexity index is 504. The highest BCUT2D eigenvalue weighted by atomic mass is 32.2. The molecule has 1 aromatic rings. The molecule has 5 heteroatoms. The van der Waals surface area contributed by atoms with Crippen molar-refractivity contribution < 1.29 is 9.59 Å². The van der Waals surface area contributed by atoms with Crippen molar-refractivity contribution in [3.05, 3.63) is 24.3 Å². The molecule has 1 aliphatic heterocycles. The molecule has 2 N–H and O–H groups in total. The molecular formula is C14H18N2O2S. The molecule has 0 saturated carbocycles. The van der Waals surface area contributed by atoms with Gasteiger partial charge < -0.3 is 10.6 Å². The molecule has 102 valence electrons. The van der Waals surface area contributed by atoms with Gasteiger partial charge in [-0.25, -0.2) is 0 Å². The zero-order valence-corrected chi connectivity index (χ0v) is 12.0. The van der Waals surface area contributed by atoms with Gasteiger partial charge >= 0.3 is 0 Å². The van der Waals surface area contributed by atoms with Crippen LogP contribution in [-0.4, -0.2) is 23.1 Å². The first-order valence-electron chi connectivity index (χ1n) is 6.45. The summed E-state index contributed by atoms with van der Waals surface area (Å²) in [6.07, 6.45) is 1.93. The molecule has 0 fully saturated rings. The van der Waals surface area contributed by atoms with Crippen LogP contribution in [0.15, 0.2) is 29.2 Å². The summed E-state index contributed by atoms with van der Waals surface area (Å²) in [5, 5.41) is 5.64. The third-order valence-electron chi connectivity index (χ3n) is 3.13. The van der Waals surface area contributed by atoms with E-state index in [0.29, 0.717) is 6.54 Å². The topological polar surface area (TPSA) is 58.2 Å². The predicted octanol–water partition coefficient (Wildman–Crippen LogP) is 2.41. The summed E-state index contributed by atoms with van der Waals surface area (Å²) in [7, 11) is 0. The molecule has 0 spiro atoms. The van der Waals surface area contributed by atoms with Crippen LogP contribution in [-0.2, 0) is 9.59 Å². The maximum atomic E-state index is 12.2. The molecule has 0 radical (unpaired) electrons. The smallest absolute Gasteiger partial charge is 0.250 e. The number of nitrogens with one attached hydrogen (secondary N) is 2. The molecular weight excluding hydrogens is 260 g/mol. The highest BCUT2D eigenvalue weighted by molar-refractivity contribution is 8.02. The van der Waals surface area contributed by atoms with Crippen molar-refractivity contribution in [2.24, 2.45) is 0 Å². The van der Waals surface area contributed by atoms with Crippen LogP contribution in [0.2, 0.25) is 0 Å². The number of rotatable bonds is 4. The summed E-state index contributed by atoms with van der Waals surface area (Å²) in [6.45, 7) is 4.34. The van der Waals surface area contributed by atoms with Gasteiger partial charge in [0.05, 0.1) is 5.69 Å². The van der Waals surface area contributed by atoms with Gasteiger partial charge in [0.2, 0.25) is 11.8 Å². The normalized spacial score (nSPS) is 21.5. The standard InChI is InChI=1S/C14H18N2O2S/c1-3-4-9-15-12(17)14(2)13(18)16-10-7-5-6-8-11(10)19-14/h5-8H,3-4,9H2,1-2H3,(H,15,17)(H,16,18). The zero-order chi connectivity index (χ0) is 13.9. The van der Waals surface area contributed by atoms with Crippen LogP contribution in [0, 0.1) is 0 Å². The van der Waals surface area contributed by atoms with Gasteiger partial charge in [0.1, 0.15) is 0 Å². The lowest BCUT2D eigenvalue weighted by molar-refractivity contribution is -0.129. The van der Waals surface area contributed by atoms with Gasteiger partial charge in [0.15, 0.2) is 4.75 Å². The van der Waals surface area contributed by atoms with Crippen molar-refractivity contribution in [3.8, 4) is 0 Å². The Hall–Kier alpha value is -1.49. The first-order valence-corrected chi connectivity index (χ1v) is 7.27. The second-order valence-electron chi connectivity index (χ2n) is 4.70. The number of thioether (sulfide) groups is 1. The van der Waals surface area contributed by atoms with E-state index in [9.17, 15) is 9.59 Å². The van der Waals surface area contributed by atoms with Crippen molar-refractivity contribution in [1.82, 2.24) is 5.32 Å².